The van der Waals surface area contributed by atoms with E-state index in [2.05, 4.69) is 9.47 Å². The summed E-state index contributed by atoms with van der Waals surface area (Å²) in [6.45, 7) is 1.54. The molecule has 5 heteroatoms. The standard InChI is InChI=1S/C4H5F2IO2/c1-2-3(7)9-4(5,6)8-2/h2-3H,1H3. The lowest BCUT2D eigenvalue weighted by molar-refractivity contribution is -0.346. The lowest BCUT2D eigenvalue weighted by Gasteiger charge is -2.03. The monoisotopic (exact) mass is 250 g/mol. The molecule has 0 radical (unpaired) electrons. The first-order valence-corrected chi connectivity index (χ1v) is 3.63. The van der Waals surface area contributed by atoms with E-state index in [1.165, 1.54) is 6.92 Å². The molecular formula is C4H5F2IO2. The fourth-order valence-corrected chi connectivity index (χ4v) is 0.967. The van der Waals surface area contributed by atoms with Crippen LogP contribution in [-0.4, -0.2) is 16.5 Å². The number of halogens is 3. The summed E-state index contributed by atoms with van der Waals surface area (Å²) < 4.78 is 31.6. The van der Waals surface area contributed by atoms with Crippen molar-refractivity contribution in [3.63, 3.8) is 0 Å². The molecule has 1 rings (SSSR count). The van der Waals surface area contributed by atoms with Crippen LogP contribution < -0.4 is 0 Å². The van der Waals surface area contributed by atoms with Crippen molar-refractivity contribution in [2.75, 3.05) is 0 Å². The van der Waals surface area contributed by atoms with Gasteiger partial charge in [-0.15, -0.1) is 8.78 Å². The Labute approximate surface area is 64.6 Å². The lowest BCUT2D eigenvalue weighted by Crippen LogP contribution is -2.16. The van der Waals surface area contributed by atoms with Crippen LogP contribution in [0.5, 0.6) is 0 Å². The van der Waals surface area contributed by atoms with E-state index in [1.54, 1.807) is 22.6 Å². The number of rotatable bonds is 0. The average Bonchev–Trinajstić information content (AvgIpc) is 1.79. The molecule has 1 aliphatic heterocycles. The fraction of sp³-hybridized carbons (Fsp3) is 1.00. The van der Waals surface area contributed by atoms with Gasteiger partial charge in [-0.05, 0) is 29.5 Å². The van der Waals surface area contributed by atoms with E-state index in [9.17, 15) is 8.78 Å². The van der Waals surface area contributed by atoms with Crippen molar-refractivity contribution in [1.29, 1.82) is 0 Å². The van der Waals surface area contributed by atoms with Crippen LogP contribution in [0.25, 0.3) is 0 Å². The number of hydrogen-bond donors (Lipinski definition) is 0. The van der Waals surface area contributed by atoms with E-state index in [0.717, 1.165) is 0 Å². The molecule has 0 bridgehead atoms. The summed E-state index contributed by atoms with van der Waals surface area (Å²) in [5, 5.41) is 0. The molecule has 0 aliphatic carbocycles. The van der Waals surface area contributed by atoms with Crippen LogP contribution in [-0.2, 0) is 9.47 Å². The number of alkyl halides is 3. The SMILES string of the molecule is CC1OC(F)(F)OC1I. The van der Waals surface area contributed by atoms with Crippen molar-refractivity contribution in [3.05, 3.63) is 0 Å². The summed E-state index contributed by atoms with van der Waals surface area (Å²) in [6.07, 6.45) is -3.90. The largest absolute Gasteiger partial charge is 0.486 e. The first-order valence-electron chi connectivity index (χ1n) is 2.39. The molecule has 1 saturated heterocycles. The van der Waals surface area contributed by atoms with E-state index in [0.29, 0.717) is 0 Å². The summed E-state index contributed by atoms with van der Waals surface area (Å²) in [5.74, 6) is 0. The molecule has 0 aromatic carbocycles. The average molecular weight is 250 g/mol. The second-order valence-corrected chi connectivity index (χ2v) is 2.98. The van der Waals surface area contributed by atoms with E-state index in [-0.39, 0.29) is 0 Å². The topological polar surface area (TPSA) is 18.5 Å². The highest BCUT2D eigenvalue weighted by Gasteiger charge is 2.46. The minimum atomic E-state index is -3.37. The summed E-state index contributed by atoms with van der Waals surface area (Å²) in [4.78, 5) is 0. The third-order valence-electron chi connectivity index (χ3n) is 0.942. The van der Waals surface area contributed by atoms with Gasteiger partial charge in [-0.3, -0.25) is 9.47 Å². The van der Waals surface area contributed by atoms with Crippen LogP contribution >= 0.6 is 22.6 Å². The molecular weight excluding hydrogens is 245 g/mol. The Bertz CT molecular complexity index is 107. The Hall–Kier alpha value is 0.510. The maximum atomic E-state index is 12.0. The van der Waals surface area contributed by atoms with Crippen molar-refractivity contribution >= 4 is 22.6 Å². The Morgan fingerprint density at radius 1 is 1.44 bits per heavy atom. The van der Waals surface area contributed by atoms with Gasteiger partial charge in [-0.2, -0.15) is 0 Å². The van der Waals surface area contributed by atoms with Crippen molar-refractivity contribution in [2.24, 2.45) is 0 Å². The third-order valence-corrected chi connectivity index (χ3v) is 2.21. The van der Waals surface area contributed by atoms with Crippen molar-refractivity contribution in [1.82, 2.24) is 0 Å². The molecule has 1 fully saturated rings. The molecule has 9 heavy (non-hydrogen) atoms. The molecule has 0 spiro atoms. The first kappa shape index (κ1) is 7.62. The van der Waals surface area contributed by atoms with Gasteiger partial charge < -0.3 is 0 Å². The predicted octanol–water partition coefficient (Wildman–Crippen LogP) is 1.73. The van der Waals surface area contributed by atoms with Gasteiger partial charge in [-0.25, -0.2) is 0 Å². The maximum Gasteiger partial charge on any atom is 0.486 e. The highest BCUT2D eigenvalue weighted by atomic mass is 127. The number of ether oxygens (including phenoxy) is 2. The molecule has 2 atom stereocenters. The van der Waals surface area contributed by atoms with Gasteiger partial charge in [0.25, 0.3) is 0 Å². The molecule has 54 valence electrons. The maximum absolute atomic E-state index is 12.0. The van der Waals surface area contributed by atoms with Crippen molar-refractivity contribution in [3.8, 4) is 0 Å². The minimum absolute atomic E-state index is 0.527. The summed E-state index contributed by atoms with van der Waals surface area (Å²) in [6, 6.07) is 0. The predicted molar refractivity (Wildman–Crippen MR) is 34.4 cm³/mol. The van der Waals surface area contributed by atoms with Crippen molar-refractivity contribution in [2.45, 2.75) is 23.4 Å². The molecule has 0 aromatic heterocycles. The lowest BCUT2D eigenvalue weighted by atomic mass is 10.5. The fourth-order valence-electron chi connectivity index (χ4n) is 0.525. The van der Waals surface area contributed by atoms with E-state index >= 15 is 0 Å². The van der Waals surface area contributed by atoms with E-state index in [1.807, 2.05) is 0 Å². The van der Waals surface area contributed by atoms with Crippen LogP contribution in [0.1, 0.15) is 6.92 Å². The van der Waals surface area contributed by atoms with Gasteiger partial charge >= 0.3 is 6.29 Å². The Morgan fingerprint density at radius 3 is 2.11 bits per heavy atom. The normalized spacial score (nSPS) is 41.3. The molecule has 2 unspecified atom stereocenters. The second kappa shape index (κ2) is 2.28. The van der Waals surface area contributed by atoms with Crippen LogP contribution in [0, 0.1) is 0 Å². The molecule has 0 N–H and O–H groups in total. The molecule has 1 heterocycles. The summed E-state index contributed by atoms with van der Waals surface area (Å²) in [5.41, 5.74) is 0. The van der Waals surface area contributed by atoms with E-state index in [4.69, 9.17) is 0 Å². The quantitative estimate of drug-likeness (QED) is 0.481. The zero-order valence-electron chi connectivity index (χ0n) is 4.61. The summed E-state index contributed by atoms with van der Waals surface area (Å²) in [7, 11) is 0. The second-order valence-electron chi connectivity index (χ2n) is 1.76. The Balaban J connectivity index is 2.54. The number of hydrogen-bond acceptors (Lipinski definition) is 2. The summed E-state index contributed by atoms with van der Waals surface area (Å²) >= 11 is 1.76. The van der Waals surface area contributed by atoms with Crippen LogP contribution in [0.3, 0.4) is 0 Å². The van der Waals surface area contributed by atoms with Crippen LogP contribution in [0.15, 0.2) is 0 Å². The van der Waals surface area contributed by atoms with Gasteiger partial charge in [0.2, 0.25) is 0 Å². The van der Waals surface area contributed by atoms with Gasteiger partial charge in [0.1, 0.15) is 4.11 Å². The minimum Gasteiger partial charge on any atom is -0.289 e. The zero-order chi connectivity index (χ0) is 7.07. The van der Waals surface area contributed by atoms with Gasteiger partial charge in [0.15, 0.2) is 0 Å². The van der Waals surface area contributed by atoms with Crippen LogP contribution in [0.4, 0.5) is 8.78 Å². The molecule has 0 aromatic rings. The van der Waals surface area contributed by atoms with Gasteiger partial charge in [0, 0.05) is 0 Å². The van der Waals surface area contributed by atoms with Crippen LogP contribution in [0.2, 0.25) is 0 Å². The van der Waals surface area contributed by atoms with Gasteiger partial charge in [0.05, 0.1) is 6.10 Å². The Morgan fingerprint density at radius 2 is 2.00 bits per heavy atom. The highest BCUT2D eigenvalue weighted by Crippen LogP contribution is 2.33. The zero-order valence-corrected chi connectivity index (χ0v) is 6.76. The smallest absolute Gasteiger partial charge is 0.289 e. The third kappa shape index (κ3) is 1.71. The van der Waals surface area contributed by atoms with E-state index < -0.39 is 16.5 Å². The first-order chi connectivity index (χ1) is 4.01. The highest BCUT2D eigenvalue weighted by molar-refractivity contribution is 14.1. The van der Waals surface area contributed by atoms with Gasteiger partial charge in [-0.1, -0.05) is 0 Å². The molecule has 1 aliphatic rings. The molecule has 0 amide bonds. The van der Waals surface area contributed by atoms with Crippen molar-refractivity contribution < 1.29 is 18.3 Å². The Kier molecular flexibility index (Phi) is 1.93. The molecule has 2 nitrogen and oxygen atoms in total. The molecule has 0 saturated carbocycles.